The Bertz CT molecular complexity index is 745. The highest BCUT2D eigenvalue weighted by molar-refractivity contribution is 6.31. The number of H-pyrrole nitrogens is 1. The Morgan fingerprint density at radius 2 is 2.17 bits per heavy atom. The molecule has 0 saturated carbocycles. The fourth-order valence-electron chi connectivity index (χ4n) is 1.70. The maximum Gasteiger partial charge on any atom is 0.356 e. The maximum absolute atomic E-state index is 10.7. The predicted octanol–water partition coefficient (Wildman–Crippen LogP) is 3.17. The van der Waals surface area contributed by atoms with Crippen LogP contribution in [0.3, 0.4) is 0 Å². The summed E-state index contributed by atoms with van der Waals surface area (Å²) in [7, 11) is 0. The fraction of sp³-hybridized carbons (Fsp3) is 0. The van der Waals surface area contributed by atoms with Crippen LogP contribution in [0.15, 0.2) is 34.7 Å². The minimum atomic E-state index is -1.09. The van der Waals surface area contributed by atoms with Gasteiger partial charge in [-0.1, -0.05) is 11.6 Å². The molecule has 3 rings (SSSR count). The molecule has 0 saturated heterocycles. The molecule has 1 aromatic carbocycles. The van der Waals surface area contributed by atoms with Gasteiger partial charge in [0.15, 0.2) is 11.5 Å². The molecule has 0 unspecified atom stereocenters. The molecule has 0 radical (unpaired) electrons. The molecule has 0 aliphatic heterocycles. The van der Waals surface area contributed by atoms with Gasteiger partial charge in [-0.05, 0) is 24.3 Å². The van der Waals surface area contributed by atoms with Crippen molar-refractivity contribution in [2.45, 2.75) is 0 Å². The van der Waals surface area contributed by atoms with Crippen molar-refractivity contribution in [2.75, 3.05) is 0 Å². The molecule has 2 aromatic heterocycles. The van der Waals surface area contributed by atoms with Crippen LogP contribution in [0, 0.1) is 0 Å². The van der Waals surface area contributed by atoms with Gasteiger partial charge in [-0.15, -0.1) is 0 Å². The van der Waals surface area contributed by atoms with Gasteiger partial charge in [-0.25, -0.2) is 4.79 Å². The van der Waals surface area contributed by atoms with E-state index in [0.717, 1.165) is 5.39 Å². The van der Waals surface area contributed by atoms with Crippen molar-refractivity contribution in [1.82, 2.24) is 10.2 Å². The van der Waals surface area contributed by atoms with Crippen molar-refractivity contribution in [3.05, 3.63) is 41.0 Å². The van der Waals surface area contributed by atoms with Crippen molar-refractivity contribution in [1.29, 1.82) is 0 Å². The fourth-order valence-corrected chi connectivity index (χ4v) is 1.88. The molecule has 0 aliphatic rings. The SMILES string of the molecule is O=C(O)c1cc(-c2cc3cc(Cl)ccc3o2)[nH]n1. The third-order valence-corrected chi connectivity index (χ3v) is 2.78. The summed E-state index contributed by atoms with van der Waals surface area (Å²) in [6, 6.07) is 8.46. The molecule has 2 heterocycles. The van der Waals surface area contributed by atoms with Crippen LogP contribution in [-0.4, -0.2) is 21.3 Å². The van der Waals surface area contributed by atoms with Crippen LogP contribution < -0.4 is 0 Å². The second kappa shape index (κ2) is 3.89. The summed E-state index contributed by atoms with van der Waals surface area (Å²) in [5, 5.41) is 16.5. The Morgan fingerprint density at radius 3 is 2.89 bits per heavy atom. The van der Waals surface area contributed by atoms with Crippen LogP contribution in [0.2, 0.25) is 5.02 Å². The van der Waals surface area contributed by atoms with Crippen molar-refractivity contribution in [3.8, 4) is 11.5 Å². The lowest BCUT2D eigenvalue weighted by molar-refractivity contribution is 0.0690. The highest BCUT2D eigenvalue weighted by atomic mass is 35.5. The first-order valence-corrected chi connectivity index (χ1v) is 5.49. The van der Waals surface area contributed by atoms with Crippen molar-refractivity contribution < 1.29 is 14.3 Å². The molecular formula is C12H7ClN2O3. The van der Waals surface area contributed by atoms with Crippen LogP contribution in [-0.2, 0) is 0 Å². The van der Waals surface area contributed by atoms with E-state index in [0.29, 0.717) is 22.1 Å². The minimum absolute atomic E-state index is 0.0523. The summed E-state index contributed by atoms with van der Waals surface area (Å²) < 4.78 is 5.58. The van der Waals surface area contributed by atoms with E-state index in [2.05, 4.69) is 10.2 Å². The summed E-state index contributed by atoms with van der Waals surface area (Å²) in [5.74, 6) is -0.566. The summed E-state index contributed by atoms with van der Waals surface area (Å²) in [4.78, 5) is 10.7. The molecule has 0 spiro atoms. The average molecular weight is 263 g/mol. The lowest BCUT2D eigenvalue weighted by Gasteiger charge is -1.88. The molecule has 6 heteroatoms. The van der Waals surface area contributed by atoms with E-state index >= 15 is 0 Å². The Morgan fingerprint density at radius 1 is 1.33 bits per heavy atom. The third kappa shape index (κ3) is 1.74. The van der Waals surface area contributed by atoms with Gasteiger partial charge in [-0.2, -0.15) is 5.10 Å². The van der Waals surface area contributed by atoms with Gasteiger partial charge in [0.25, 0.3) is 0 Å². The van der Waals surface area contributed by atoms with Gasteiger partial charge in [-0.3, -0.25) is 5.10 Å². The van der Waals surface area contributed by atoms with Gasteiger partial charge in [0.1, 0.15) is 11.3 Å². The molecule has 0 bridgehead atoms. The number of fused-ring (bicyclic) bond motifs is 1. The number of aromatic carboxylic acids is 1. The lowest BCUT2D eigenvalue weighted by Crippen LogP contribution is -1.95. The first-order chi connectivity index (χ1) is 8.63. The van der Waals surface area contributed by atoms with Crippen LogP contribution in [0.4, 0.5) is 0 Å². The zero-order chi connectivity index (χ0) is 12.7. The molecular weight excluding hydrogens is 256 g/mol. The summed E-state index contributed by atoms with van der Waals surface area (Å²) >= 11 is 5.88. The van der Waals surface area contributed by atoms with Gasteiger partial charge in [0.05, 0.1) is 0 Å². The Labute approximate surface area is 106 Å². The summed E-state index contributed by atoms with van der Waals surface area (Å²) in [6.45, 7) is 0. The summed E-state index contributed by atoms with van der Waals surface area (Å²) in [6.07, 6.45) is 0. The first kappa shape index (κ1) is 10.9. The first-order valence-electron chi connectivity index (χ1n) is 5.11. The smallest absolute Gasteiger partial charge is 0.356 e. The number of nitrogens with zero attached hydrogens (tertiary/aromatic N) is 1. The summed E-state index contributed by atoms with van der Waals surface area (Å²) in [5.41, 5.74) is 1.14. The number of furan rings is 1. The molecule has 90 valence electrons. The van der Waals surface area contributed by atoms with Gasteiger partial charge < -0.3 is 9.52 Å². The number of hydrogen-bond donors (Lipinski definition) is 2. The van der Waals surface area contributed by atoms with Crippen LogP contribution in [0.25, 0.3) is 22.4 Å². The number of rotatable bonds is 2. The largest absolute Gasteiger partial charge is 0.476 e. The number of hydrogen-bond acceptors (Lipinski definition) is 3. The molecule has 0 atom stereocenters. The molecule has 0 fully saturated rings. The molecule has 2 N–H and O–H groups in total. The van der Waals surface area contributed by atoms with E-state index in [1.807, 2.05) is 0 Å². The average Bonchev–Trinajstić information content (AvgIpc) is 2.93. The maximum atomic E-state index is 10.7. The number of halogens is 1. The number of carboxylic acids is 1. The zero-order valence-electron chi connectivity index (χ0n) is 8.98. The highest BCUT2D eigenvalue weighted by Gasteiger charge is 2.13. The van der Waals surface area contributed by atoms with Crippen LogP contribution in [0.5, 0.6) is 0 Å². The topological polar surface area (TPSA) is 79.1 Å². The van der Waals surface area contributed by atoms with Crippen molar-refractivity contribution >= 4 is 28.5 Å². The molecule has 3 aromatic rings. The zero-order valence-corrected chi connectivity index (χ0v) is 9.73. The Hall–Kier alpha value is -2.27. The Balaban J connectivity index is 2.10. The number of aromatic amines is 1. The standard InChI is InChI=1S/C12H7ClN2O3/c13-7-1-2-10-6(3-7)4-11(18-10)8-5-9(12(16)17)15-14-8/h1-5H,(H,14,15)(H,16,17). The van der Waals surface area contributed by atoms with Crippen LogP contribution >= 0.6 is 11.6 Å². The monoisotopic (exact) mass is 262 g/mol. The van der Waals surface area contributed by atoms with Gasteiger partial charge in [0, 0.05) is 16.5 Å². The van der Waals surface area contributed by atoms with Crippen LogP contribution in [0.1, 0.15) is 10.5 Å². The Kier molecular flexibility index (Phi) is 2.34. The minimum Gasteiger partial charge on any atom is -0.476 e. The predicted molar refractivity (Wildman–Crippen MR) is 65.8 cm³/mol. The third-order valence-electron chi connectivity index (χ3n) is 2.54. The quantitative estimate of drug-likeness (QED) is 0.743. The number of nitrogens with one attached hydrogen (secondary N) is 1. The van der Waals surface area contributed by atoms with E-state index in [1.54, 1.807) is 24.3 Å². The van der Waals surface area contributed by atoms with E-state index < -0.39 is 5.97 Å². The van der Waals surface area contributed by atoms with E-state index in [9.17, 15) is 4.79 Å². The van der Waals surface area contributed by atoms with Gasteiger partial charge in [0.2, 0.25) is 0 Å². The number of carboxylic acid groups (broad SMARTS) is 1. The van der Waals surface area contributed by atoms with Gasteiger partial charge >= 0.3 is 5.97 Å². The highest BCUT2D eigenvalue weighted by Crippen LogP contribution is 2.28. The molecule has 0 aliphatic carbocycles. The molecule has 0 amide bonds. The number of aromatic nitrogens is 2. The normalized spacial score (nSPS) is 10.9. The van der Waals surface area contributed by atoms with E-state index in [1.165, 1.54) is 6.07 Å². The second-order valence-electron chi connectivity index (χ2n) is 3.76. The van der Waals surface area contributed by atoms with Crippen molar-refractivity contribution in [2.24, 2.45) is 0 Å². The second-order valence-corrected chi connectivity index (χ2v) is 4.20. The molecule has 18 heavy (non-hydrogen) atoms. The lowest BCUT2D eigenvalue weighted by atomic mass is 10.2. The van der Waals surface area contributed by atoms with E-state index in [4.69, 9.17) is 21.1 Å². The number of carbonyl (C=O) groups is 1. The van der Waals surface area contributed by atoms with E-state index in [-0.39, 0.29) is 5.69 Å². The molecule has 5 nitrogen and oxygen atoms in total. The number of benzene rings is 1. The van der Waals surface area contributed by atoms with Crippen molar-refractivity contribution in [3.63, 3.8) is 0 Å².